The number of hydrogen-bond donors (Lipinski definition) is 2. The minimum Gasteiger partial charge on any atom is -0.369 e. The van der Waals surface area contributed by atoms with E-state index in [9.17, 15) is 4.79 Å². The number of primary amides is 1. The monoisotopic (exact) mass is 253 g/mol. The molecule has 1 fully saturated rings. The lowest BCUT2D eigenvalue weighted by atomic mass is 9.91. The number of thiophene rings is 1. The average molecular weight is 253 g/mol. The molecule has 17 heavy (non-hydrogen) atoms. The molecule has 4 nitrogen and oxygen atoms in total. The molecule has 0 radical (unpaired) electrons. The highest BCUT2D eigenvalue weighted by molar-refractivity contribution is 7.09. The van der Waals surface area contributed by atoms with Crippen LogP contribution in [0.1, 0.15) is 11.3 Å². The molecule has 1 aromatic rings. The largest absolute Gasteiger partial charge is 0.369 e. The fourth-order valence-corrected chi connectivity index (χ4v) is 3.38. The van der Waals surface area contributed by atoms with Crippen LogP contribution in [0.15, 0.2) is 17.5 Å². The Morgan fingerprint density at radius 3 is 3.00 bits per heavy atom. The van der Waals surface area contributed by atoms with E-state index in [1.807, 2.05) is 0 Å². The molecular weight excluding hydrogens is 234 g/mol. The zero-order chi connectivity index (χ0) is 12.3. The highest BCUT2D eigenvalue weighted by Crippen LogP contribution is 2.22. The summed E-state index contributed by atoms with van der Waals surface area (Å²) in [5.74, 6) is 0.269. The predicted molar refractivity (Wildman–Crippen MR) is 69.7 cm³/mol. The second-order valence-electron chi connectivity index (χ2n) is 4.81. The number of amides is 1. The molecule has 2 atom stereocenters. The number of carbonyl (C=O) groups is 1. The number of piperidine rings is 1. The van der Waals surface area contributed by atoms with Crippen molar-refractivity contribution in [3.05, 3.63) is 22.4 Å². The van der Waals surface area contributed by atoms with Crippen molar-refractivity contribution in [3.8, 4) is 0 Å². The summed E-state index contributed by atoms with van der Waals surface area (Å²) < 4.78 is 0. The molecule has 2 unspecified atom stereocenters. The maximum atomic E-state index is 10.9. The van der Waals surface area contributed by atoms with E-state index in [1.54, 1.807) is 11.3 Å². The molecule has 1 saturated heterocycles. The maximum Gasteiger partial charge on any atom is 0.231 e. The summed E-state index contributed by atoms with van der Waals surface area (Å²) in [5, 5.41) is 2.10. The zero-order valence-electron chi connectivity index (χ0n) is 9.84. The molecule has 0 bridgehead atoms. The van der Waals surface area contributed by atoms with Crippen molar-refractivity contribution < 1.29 is 4.79 Å². The molecule has 5 heteroatoms. The van der Waals surface area contributed by atoms with Crippen molar-refractivity contribution in [2.75, 3.05) is 19.6 Å². The third-order valence-corrected chi connectivity index (χ3v) is 3.99. The molecular formula is C12H19N3OS. The smallest absolute Gasteiger partial charge is 0.231 e. The summed E-state index contributed by atoms with van der Waals surface area (Å²) in [6.07, 6.45) is 2.09. The first-order valence-electron chi connectivity index (χ1n) is 5.92. The van der Waals surface area contributed by atoms with Crippen LogP contribution < -0.4 is 11.5 Å². The van der Waals surface area contributed by atoms with Gasteiger partial charge in [0.1, 0.15) is 0 Å². The summed E-state index contributed by atoms with van der Waals surface area (Å²) in [4.78, 5) is 14.4. The van der Waals surface area contributed by atoms with E-state index in [-0.39, 0.29) is 11.9 Å². The number of hydrogen-bond acceptors (Lipinski definition) is 4. The second-order valence-corrected chi connectivity index (χ2v) is 5.84. The molecule has 2 rings (SSSR count). The number of rotatable bonds is 4. The molecule has 94 valence electrons. The average Bonchev–Trinajstić information content (AvgIpc) is 2.67. The van der Waals surface area contributed by atoms with Crippen LogP contribution in [0.2, 0.25) is 0 Å². The van der Waals surface area contributed by atoms with E-state index < -0.39 is 0 Å². The molecule has 0 saturated carbocycles. The van der Waals surface area contributed by atoms with E-state index in [0.29, 0.717) is 12.5 Å². The van der Waals surface area contributed by atoms with Crippen molar-refractivity contribution in [1.82, 2.24) is 4.90 Å². The molecule has 0 aliphatic carbocycles. The Morgan fingerprint density at radius 1 is 1.53 bits per heavy atom. The SMILES string of the molecule is NC(=O)CN1CC(N)CC(Cc2cccs2)C1. The van der Waals surface area contributed by atoms with E-state index in [2.05, 4.69) is 22.4 Å². The molecule has 2 heterocycles. The van der Waals surface area contributed by atoms with Gasteiger partial charge in [0.2, 0.25) is 5.91 Å². The molecule has 1 aromatic heterocycles. The van der Waals surface area contributed by atoms with Gasteiger partial charge in [-0.05, 0) is 30.2 Å². The van der Waals surface area contributed by atoms with Gasteiger partial charge < -0.3 is 11.5 Å². The fraction of sp³-hybridized carbons (Fsp3) is 0.583. The Kier molecular flexibility index (Phi) is 4.15. The lowest BCUT2D eigenvalue weighted by molar-refractivity contribution is -0.119. The molecule has 0 aromatic carbocycles. The van der Waals surface area contributed by atoms with Gasteiger partial charge in [-0.1, -0.05) is 6.07 Å². The van der Waals surface area contributed by atoms with Crippen molar-refractivity contribution in [3.63, 3.8) is 0 Å². The van der Waals surface area contributed by atoms with Crippen LogP contribution in [-0.2, 0) is 11.2 Å². The van der Waals surface area contributed by atoms with Gasteiger partial charge in [-0.15, -0.1) is 11.3 Å². The quantitative estimate of drug-likeness (QED) is 0.817. The molecule has 0 spiro atoms. The van der Waals surface area contributed by atoms with Crippen LogP contribution in [0.25, 0.3) is 0 Å². The molecule has 4 N–H and O–H groups in total. The van der Waals surface area contributed by atoms with Crippen LogP contribution in [0.3, 0.4) is 0 Å². The molecule has 1 aliphatic rings. The number of carbonyl (C=O) groups excluding carboxylic acids is 1. The van der Waals surface area contributed by atoms with Crippen molar-refractivity contribution in [2.45, 2.75) is 18.9 Å². The summed E-state index contributed by atoms with van der Waals surface area (Å²) in [5.41, 5.74) is 11.3. The van der Waals surface area contributed by atoms with Gasteiger partial charge in [-0.25, -0.2) is 0 Å². The Morgan fingerprint density at radius 2 is 2.35 bits per heavy atom. The first-order chi connectivity index (χ1) is 8.13. The van der Waals surface area contributed by atoms with E-state index in [4.69, 9.17) is 11.5 Å². The van der Waals surface area contributed by atoms with Gasteiger partial charge in [0, 0.05) is 24.0 Å². The minimum atomic E-state index is -0.269. The zero-order valence-corrected chi connectivity index (χ0v) is 10.7. The highest BCUT2D eigenvalue weighted by atomic mass is 32.1. The second kappa shape index (κ2) is 5.62. The first kappa shape index (κ1) is 12.5. The topological polar surface area (TPSA) is 72.4 Å². The van der Waals surface area contributed by atoms with Crippen molar-refractivity contribution in [2.24, 2.45) is 17.4 Å². The Labute approximate surface area is 106 Å². The lowest BCUT2D eigenvalue weighted by Gasteiger charge is -2.35. The van der Waals surface area contributed by atoms with E-state index in [0.717, 1.165) is 25.9 Å². The standard InChI is InChI=1S/C12H19N3OS/c13-10-4-9(5-11-2-1-3-17-11)6-15(7-10)8-12(14)16/h1-3,9-10H,4-8,13H2,(H2,14,16). The van der Waals surface area contributed by atoms with Crippen molar-refractivity contribution >= 4 is 17.2 Å². The Hall–Kier alpha value is -0.910. The third-order valence-electron chi connectivity index (χ3n) is 3.09. The third kappa shape index (κ3) is 3.80. The predicted octanol–water partition coefficient (Wildman–Crippen LogP) is 0.425. The van der Waals surface area contributed by atoms with Gasteiger partial charge >= 0.3 is 0 Å². The van der Waals surface area contributed by atoms with Crippen LogP contribution in [0.5, 0.6) is 0 Å². The normalized spacial score (nSPS) is 25.9. The number of likely N-dealkylation sites (tertiary alicyclic amines) is 1. The summed E-state index contributed by atoms with van der Waals surface area (Å²) >= 11 is 1.78. The van der Waals surface area contributed by atoms with Crippen LogP contribution in [0.4, 0.5) is 0 Å². The number of nitrogens with zero attached hydrogens (tertiary/aromatic N) is 1. The fourth-order valence-electron chi connectivity index (χ4n) is 2.56. The van der Waals surface area contributed by atoms with Gasteiger partial charge in [0.25, 0.3) is 0 Å². The van der Waals surface area contributed by atoms with Crippen LogP contribution in [-0.4, -0.2) is 36.5 Å². The summed E-state index contributed by atoms with van der Waals surface area (Å²) in [7, 11) is 0. The Bertz CT molecular complexity index is 366. The van der Waals surface area contributed by atoms with Gasteiger partial charge in [0.15, 0.2) is 0 Å². The van der Waals surface area contributed by atoms with E-state index >= 15 is 0 Å². The molecule has 1 aliphatic heterocycles. The van der Waals surface area contributed by atoms with Gasteiger partial charge in [-0.3, -0.25) is 9.69 Å². The van der Waals surface area contributed by atoms with Crippen LogP contribution >= 0.6 is 11.3 Å². The van der Waals surface area contributed by atoms with Crippen molar-refractivity contribution in [1.29, 1.82) is 0 Å². The maximum absolute atomic E-state index is 10.9. The van der Waals surface area contributed by atoms with Gasteiger partial charge in [-0.2, -0.15) is 0 Å². The first-order valence-corrected chi connectivity index (χ1v) is 6.80. The lowest BCUT2D eigenvalue weighted by Crippen LogP contribution is -2.49. The minimum absolute atomic E-state index is 0.160. The highest BCUT2D eigenvalue weighted by Gasteiger charge is 2.26. The summed E-state index contributed by atoms with van der Waals surface area (Å²) in [6.45, 7) is 2.03. The van der Waals surface area contributed by atoms with E-state index in [1.165, 1.54) is 4.88 Å². The Balaban J connectivity index is 1.91. The van der Waals surface area contributed by atoms with Gasteiger partial charge in [0.05, 0.1) is 6.54 Å². The molecule has 1 amide bonds. The number of nitrogens with two attached hydrogens (primary N) is 2. The summed E-state index contributed by atoms with van der Waals surface area (Å²) in [6, 6.07) is 4.39. The van der Waals surface area contributed by atoms with Crippen LogP contribution in [0, 0.1) is 5.92 Å².